The van der Waals surface area contributed by atoms with Crippen molar-refractivity contribution in [1.29, 1.82) is 0 Å². The summed E-state index contributed by atoms with van der Waals surface area (Å²) in [6.07, 6.45) is 6.61. The summed E-state index contributed by atoms with van der Waals surface area (Å²) in [5.41, 5.74) is 22.6. The molecule has 4 aliphatic heterocycles. The number of fused-ring (bicyclic) bond motifs is 23. The number of pyridine rings is 4. The largest absolute Gasteiger partial charge is 0.435 e. The molecular weight excluding hydrogens is 1420 g/mol. The summed E-state index contributed by atoms with van der Waals surface area (Å²) < 4.78 is 34.6. The molecule has 552 valence electrons. The van der Waals surface area contributed by atoms with Gasteiger partial charge in [-0.15, -0.1) is 0 Å². The van der Waals surface area contributed by atoms with Crippen molar-refractivity contribution in [3.63, 3.8) is 0 Å². The molecule has 0 spiro atoms. The first kappa shape index (κ1) is 65.9. The minimum atomic E-state index is -0.114. The first-order chi connectivity index (χ1) is 56.6. The normalized spacial score (nSPS) is 15.7. The Labute approximate surface area is 670 Å². The number of rotatable bonds is 0. The van der Waals surface area contributed by atoms with E-state index in [9.17, 15) is 0 Å². The van der Waals surface area contributed by atoms with Gasteiger partial charge < -0.3 is 18.9 Å². The Morgan fingerprint density at radius 1 is 0.224 bits per heavy atom. The summed E-state index contributed by atoms with van der Waals surface area (Å²) in [5.74, 6) is 4.08. The van der Waals surface area contributed by atoms with Crippen LogP contribution in [0.15, 0.2) is 292 Å². The summed E-state index contributed by atoms with van der Waals surface area (Å²) >= 11 is 0. The molecular formula is C108H80N4O4+4. The molecule has 8 heteroatoms. The van der Waals surface area contributed by atoms with Crippen LogP contribution in [-0.4, -0.2) is 0 Å². The Bertz CT molecular complexity index is 7750. The van der Waals surface area contributed by atoms with Gasteiger partial charge in [-0.3, -0.25) is 0 Å². The SMILES string of the molecule is CC1(C)c2c3[n+](cc4ccccc24)COc2cc4c(ccc5ccccc54)c1c2-3.CC1(C)c2c3[n+](cc4ccccc24)COc2cc4c(ccc5ccccc54)c1c2-3.CC1(C)c2cc3cc4ccccc4cc3[n+]3c2-c2c(cc4c(ccc5ccccc54)c21)OC3.CC1(C)c2ccc[n+]3c2-c2c(cc4c(ccc5ccccc54)c21)OC3. The van der Waals surface area contributed by atoms with Gasteiger partial charge in [0.25, 0.3) is 26.9 Å². The fraction of sp³-hybridized carbons (Fsp3) is 0.148. The van der Waals surface area contributed by atoms with Gasteiger partial charge in [-0.05, 0) is 185 Å². The van der Waals surface area contributed by atoms with E-state index in [2.05, 4.69) is 365 Å². The number of hydrogen-bond donors (Lipinski definition) is 0. The number of benzene rings is 16. The standard InChI is InChI=1S/C31H22NO.2C27H20NO.C23H18NO/c1-31(2)25-14-21-13-19-8-3-4-9-20(19)15-26(21)32-17-33-27-16-24-22-10-6-5-7-18(22)11-12-23(24)29(31)28(27)30(25)32;2*1-27(2)24-20-12-11-16-7-3-5-9-18(16)21(20)13-22-23(24)26-25(27)19-10-6-4-8-17(19)14-28(26)15-29-22;1-23(2)18-8-5-11-24-13-25-19-12-17-15-7-4-3-6-14(15)9-10-16(17)21(23)20(19)22(18)24/h3-16H,17H2,1-2H3;2*3-14H,15H2,1-2H3;3-12H,13H2,1-2H3/q4*+1. The van der Waals surface area contributed by atoms with Gasteiger partial charge in [0.1, 0.15) is 23.0 Å². The molecule has 28 rings (SSSR count). The highest BCUT2D eigenvalue weighted by Gasteiger charge is 2.52. The van der Waals surface area contributed by atoms with E-state index in [1.165, 1.54) is 219 Å². The van der Waals surface area contributed by atoms with Crippen molar-refractivity contribution in [2.45, 2.75) is 104 Å². The predicted molar refractivity (Wildman–Crippen MR) is 469 cm³/mol. The number of ether oxygens (including phenoxy) is 4. The number of hydrogen-bond acceptors (Lipinski definition) is 4. The number of nitrogens with zero attached hydrogens (tertiary/aromatic N) is 4. The van der Waals surface area contributed by atoms with Crippen molar-refractivity contribution in [3.05, 3.63) is 336 Å². The molecule has 0 amide bonds. The van der Waals surface area contributed by atoms with Crippen molar-refractivity contribution < 1.29 is 37.2 Å². The van der Waals surface area contributed by atoms with Crippen LogP contribution in [0.25, 0.3) is 174 Å². The van der Waals surface area contributed by atoms with E-state index >= 15 is 0 Å². The summed E-state index contributed by atoms with van der Waals surface area (Å²) in [4.78, 5) is 0. The van der Waals surface area contributed by atoms with Crippen LogP contribution in [0.5, 0.6) is 23.0 Å². The monoisotopic (exact) mass is 1500 g/mol. The highest BCUT2D eigenvalue weighted by Crippen LogP contribution is 2.62. The van der Waals surface area contributed by atoms with Crippen molar-refractivity contribution in [2.75, 3.05) is 0 Å². The van der Waals surface area contributed by atoms with Crippen LogP contribution < -0.4 is 37.2 Å². The highest BCUT2D eigenvalue weighted by atomic mass is 16.5. The second-order valence-electron chi connectivity index (χ2n) is 35.3. The smallest absolute Gasteiger partial charge is 0.293 e. The molecule has 0 saturated heterocycles. The lowest BCUT2D eigenvalue weighted by atomic mass is 9.78. The summed E-state index contributed by atoms with van der Waals surface area (Å²) in [7, 11) is 0. The minimum absolute atomic E-state index is 0.0297. The van der Waals surface area contributed by atoms with Gasteiger partial charge in [-0.1, -0.05) is 262 Å². The molecule has 8 aliphatic rings. The molecule has 0 radical (unpaired) electrons. The molecule has 0 saturated carbocycles. The molecule has 16 aromatic carbocycles. The highest BCUT2D eigenvalue weighted by molar-refractivity contribution is 6.18. The number of aromatic nitrogens is 4. The van der Waals surface area contributed by atoms with Crippen LogP contribution in [0.3, 0.4) is 0 Å². The molecule has 0 N–H and O–H groups in total. The van der Waals surface area contributed by atoms with Crippen LogP contribution in [0.1, 0.15) is 99.9 Å². The average Bonchev–Trinajstić information content (AvgIpc) is 1.55. The van der Waals surface area contributed by atoms with E-state index < -0.39 is 0 Å². The lowest BCUT2D eigenvalue weighted by molar-refractivity contribution is -0.717. The van der Waals surface area contributed by atoms with Gasteiger partial charge in [0.15, 0.2) is 18.6 Å². The minimum Gasteiger partial charge on any atom is -0.435 e. The van der Waals surface area contributed by atoms with Crippen LogP contribution in [-0.2, 0) is 48.6 Å². The molecule has 8 nitrogen and oxygen atoms in total. The molecule has 20 aromatic rings. The maximum absolute atomic E-state index is 6.50. The lowest BCUT2D eigenvalue weighted by Gasteiger charge is -2.23. The Kier molecular flexibility index (Phi) is 13.1. The van der Waals surface area contributed by atoms with E-state index in [1.807, 2.05) is 0 Å². The topological polar surface area (TPSA) is 52.4 Å². The molecule has 0 bridgehead atoms. The summed E-state index contributed by atoms with van der Waals surface area (Å²) in [6.45, 7) is 21.2. The zero-order valence-corrected chi connectivity index (χ0v) is 66.0. The van der Waals surface area contributed by atoms with Gasteiger partial charge in [-0.25, -0.2) is 0 Å². The third kappa shape index (κ3) is 8.72. The predicted octanol–water partition coefficient (Wildman–Crippen LogP) is 24.4. The van der Waals surface area contributed by atoms with Crippen molar-refractivity contribution in [3.8, 4) is 68.0 Å². The summed E-state index contributed by atoms with van der Waals surface area (Å²) in [5, 5.41) is 29.8. The Morgan fingerprint density at radius 3 is 0.991 bits per heavy atom. The molecule has 0 fully saturated rings. The van der Waals surface area contributed by atoms with E-state index in [0.717, 1.165) is 23.0 Å². The van der Waals surface area contributed by atoms with Gasteiger partial charge in [0, 0.05) is 72.2 Å². The van der Waals surface area contributed by atoms with E-state index in [1.54, 1.807) is 0 Å². The van der Waals surface area contributed by atoms with Crippen LogP contribution in [0.2, 0.25) is 0 Å². The van der Waals surface area contributed by atoms with E-state index in [-0.39, 0.29) is 21.7 Å². The lowest BCUT2D eigenvalue weighted by Crippen LogP contribution is -2.42. The first-order valence-electron chi connectivity index (χ1n) is 40.9. The quantitative estimate of drug-likeness (QED) is 0.0862. The fourth-order valence-corrected chi connectivity index (χ4v) is 22.7. The Balaban J connectivity index is 0.0000000870. The van der Waals surface area contributed by atoms with Crippen LogP contribution in [0, 0.1) is 0 Å². The van der Waals surface area contributed by atoms with E-state index in [0.29, 0.717) is 26.9 Å². The summed E-state index contributed by atoms with van der Waals surface area (Å²) in [6, 6.07) is 99.5. The van der Waals surface area contributed by atoms with Gasteiger partial charge in [-0.2, -0.15) is 18.3 Å². The van der Waals surface area contributed by atoms with Crippen molar-refractivity contribution in [2.24, 2.45) is 0 Å². The van der Waals surface area contributed by atoms with Gasteiger partial charge in [0.2, 0.25) is 28.3 Å². The molecule has 0 atom stereocenters. The average molecular weight is 1500 g/mol. The molecule has 0 unspecified atom stereocenters. The van der Waals surface area contributed by atoms with Crippen LogP contribution >= 0.6 is 0 Å². The molecule has 4 aromatic heterocycles. The van der Waals surface area contributed by atoms with E-state index in [4.69, 9.17) is 18.9 Å². The van der Waals surface area contributed by atoms with Crippen molar-refractivity contribution >= 4 is 129 Å². The Hall–Kier alpha value is -13.6. The zero-order valence-electron chi connectivity index (χ0n) is 66.0. The zero-order chi connectivity index (χ0) is 77.3. The third-order valence-corrected chi connectivity index (χ3v) is 27.7. The van der Waals surface area contributed by atoms with Gasteiger partial charge in [0.05, 0.1) is 22.3 Å². The maximum atomic E-state index is 6.50. The third-order valence-electron chi connectivity index (χ3n) is 27.7. The first-order valence-corrected chi connectivity index (χ1v) is 40.9. The maximum Gasteiger partial charge on any atom is 0.293 e. The second-order valence-corrected chi connectivity index (χ2v) is 35.3. The van der Waals surface area contributed by atoms with Gasteiger partial charge >= 0.3 is 0 Å². The second kappa shape index (κ2) is 23.1. The van der Waals surface area contributed by atoms with Crippen LogP contribution in [0.4, 0.5) is 0 Å². The molecule has 4 aliphatic carbocycles. The van der Waals surface area contributed by atoms with Crippen molar-refractivity contribution in [1.82, 2.24) is 0 Å². The Morgan fingerprint density at radius 2 is 0.560 bits per heavy atom. The molecule has 116 heavy (non-hydrogen) atoms. The fourth-order valence-electron chi connectivity index (χ4n) is 22.7. The molecule has 8 heterocycles.